The maximum Gasteiger partial charge on any atom is 0.335 e. The molecule has 0 radical (unpaired) electrons. The van der Waals surface area contributed by atoms with E-state index in [0.29, 0.717) is 12.4 Å². The quantitative estimate of drug-likeness (QED) is 0.749. The van der Waals surface area contributed by atoms with Gasteiger partial charge in [0.05, 0.1) is 5.56 Å². The predicted molar refractivity (Wildman–Crippen MR) is 82.0 cm³/mol. The molecule has 1 fully saturated rings. The van der Waals surface area contributed by atoms with Crippen molar-refractivity contribution in [2.45, 2.75) is 12.8 Å². The van der Waals surface area contributed by atoms with Gasteiger partial charge in [-0.05, 0) is 63.6 Å². The molecule has 0 aromatic heterocycles. The number of piperidine rings is 1. The number of nitrogens with zero attached hydrogens (tertiary/aromatic N) is 1. The van der Waals surface area contributed by atoms with Crippen molar-refractivity contribution in [2.24, 2.45) is 5.92 Å². The van der Waals surface area contributed by atoms with Gasteiger partial charge >= 0.3 is 5.97 Å². The lowest BCUT2D eigenvalue weighted by Crippen LogP contribution is -2.35. The topological polar surface area (TPSA) is 61.8 Å². The summed E-state index contributed by atoms with van der Waals surface area (Å²) in [5.74, 6) is 0.438. The molecule has 1 aliphatic heterocycles. The fraction of sp³-hybridized carbons (Fsp3) is 0.562. The molecule has 0 atom stereocenters. The number of nitrogens with one attached hydrogen (secondary N) is 1. The Labute approximate surface area is 125 Å². The summed E-state index contributed by atoms with van der Waals surface area (Å²) in [6.07, 6.45) is 2.51. The Hall–Kier alpha value is -1.59. The summed E-state index contributed by atoms with van der Waals surface area (Å²) in [5, 5.41) is 12.3. The van der Waals surface area contributed by atoms with E-state index >= 15 is 0 Å². The Bertz CT molecular complexity index is 457. The van der Waals surface area contributed by atoms with Gasteiger partial charge in [-0.1, -0.05) is 6.07 Å². The minimum atomic E-state index is -0.930. The van der Waals surface area contributed by atoms with Crippen LogP contribution in [-0.2, 0) is 0 Å². The van der Waals surface area contributed by atoms with Crippen LogP contribution in [0.2, 0.25) is 0 Å². The van der Waals surface area contributed by atoms with E-state index in [9.17, 15) is 4.79 Å². The van der Waals surface area contributed by atoms with E-state index in [0.717, 1.165) is 19.0 Å². The van der Waals surface area contributed by atoms with E-state index in [1.807, 2.05) is 0 Å². The molecule has 1 heterocycles. The number of carbonyl (C=O) groups is 1. The second-order valence-corrected chi connectivity index (χ2v) is 5.63. The fourth-order valence-electron chi connectivity index (χ4n) is 2.53. The molecule has 2 rings (SSSR count). The first-order valence-electron chi connectivity index (χ1n) is 7.50. The van der Waals surface area contributed by atoms with Crippen LogP contribution in [0.15, 0.2) is 24.3 Å². The van der Waals surface area contributed by atoms with Crippen molar-refractivity contribution in [3.05, 3.63) is 29.8 Å². The van der Waals surface area contributed by atoms with Crippen LogP contribution in [0.1, 0.15) is 23.2 Å². The summed E-state index contributed by atoms with van der Waals surface area (Å²) in [6, 6.07) is 6.60. The van der Waals surface area contributed by atoms with Gasteiger partial charge in [0, 0.05) is 6.54 Å². The summed E-state index contributed by atoms with van der Waals surface area (Å²) in [7, 11) is 2.17. The number of rotatable bonds is 7. The molecule has 116 valence electrons. The third-order valence-corrected chi connectivity index (χ3v) is 3.90. The second kappa shape index (κ2) is 8.00. The monoisotopic (exact) mass is 292 g/mol. The highest BCUT2D eigenvalue weighted by atomic mass is 16.5. The van der Waals surface area contributed by atoms with Gasteiger partial charge < -0.3 is 20.1 Å². The van der Waals surface area contributed by atoms with Crippen LogP contribution in [0.4, 0.5) is 0 Å². The van der Waals surface area contributed by atoms with Crippen molar-refractivity contribution in [1.82, 2.24) is 10.2 Å². The average molecular weight is 292 g/mol. The summed E-state index contributed by atoms with van der Waals surface area (Å²) < 4.78 is 5.57. The molecule has 1 aromatic carbocycles. The normalized spacial score (nSPS) is 16.8. The number of carboxylic acids is 1. The molecule has 5 heteroatoms. The maximum atomic E-state index is 10.9. The zero-order valence-electron chi connectivity index (χ0n) is 12.5. The number of carboxylic acid groups (broad SMARTS) is 1. The Kier molecular flexibility index (Phi) is 6.02. The number of hydrogen-bond acceptors (Lipinski definition) is 4. The van der Waals surface area contributed by atoms with Crippen LogP contribution < -0.4 is 10.1 Å². The summed E-state index contributed by atoms with van der Waals surface area (Å²) in [5.41, 5.74) is 0.256. The lowest BCUT2D eigenvalue weighted by molar-refractivity contribution is 0.0696. The lowest BCUT2D eigenvalue weighted by Gasteiger charge is -2.29. The largest absolute Gasteiger partial charge is 0.492 e. The zero-order valence-corrected chi connectivity index (χ0v) is 12.5. The van der Waals surface area contributed by atoms with Gasteiger partial charge in [-0.2, -0.15) is 0 Å². The molecular formula is C16H24N2O3. The van der Waals surface area contributed by atoms with Crippen LogP contribution in [-0.4, -0.2) is 55.8 Å². The Morgan fingerprint density at radius 1 is 1.43 bits per heavy atom. The molecule has 0 spiro atoms. The number of ether oxygens (including phenoxy) is 1. The molecule has 1 aromatic rings. The van der Waals surface area contributed by atoms with Gasteiger partial charge in [0.25, 0.3) is 0 Å². The molecule has 1 saturated heterocycles. The summed E-state index contributed by atoms with van der Waals surface area (Å²) >= 11 is 0. The van der Waals surface area contributed by atoms with Crippen molar-refractivity contribution in [2.75, 3.05) is 39.8 Å². The number of aromatic carboxylic acids is 1. The first-order valence-corrected chi connectivity index (χ1v) is 7.50. The first-order chi connectivity index (χ1) is 10.1. The number of benzene rings is 1. The van der Waals surface area contributed by atoms with Crippen LogP contribution in [0.25, 0.3) is 0 Å². The maximum absolute atomic E-state index is 10.9. The molecule has 0 unspecified atom stereocenters. The SMILES string of the molecule is CN1CCC(CNCCOc2cccc(C(=O)O)c2)CC1. The highest BCUT2D eigenvalue weighted by molar-refractivity contribution is 5.87. The van der Waals surface area contributed by atoms with Crippen LogP contribution in [0.5, 0.6) is 5.75 Å². The van der Waals surface area contributed by atoms with E-state index in [2.05, 4.69) is 17.3 Å². The standard InChI is InChI=1S/C16H24N2O3/c1-18-8-5-13(6-9-18)12-17-7-10-21-15-4-2-3-14(11-15)16(19)20/h2-4,11,13,17H,5-10,12H2,1H3,(H,19,20). The van der Waals surface area contributed by atoms with Crippen molar-refractivity contribution in [3.8, 4) is 5.75 Å². The minimum absolute atomic E-state index is 0.256. The Morgan fingerprint density at radius 2 is 2.19 bits per heavy atom. The van der Waals surface area contributed by atoms with E-state index in [4.69, 9.17) is 9.84 Å². The number of likely N-dealkylation sites (tertiary alicyclic amines) is 1. The molecule has 0 saturated carbocycles. The van der Waals surface area contributed by atoms with Crippen LogP contribution >= 0.6 is 0 Å². The summed E-state index contributed by atoms with van der Waals surface area (Å²) in [4.78, 5) is 13.2. The highest BCUT2D eigenvalue weighted by Crippen LogP contribution is 2.15. The van der Waals surface area contributed by atoms with Gasteiger partial charge in [-0.25, -0.2) is 4.79 Å². The van der Waals surface area contributed by atoms with Gasteiger partial charge in [-0.3, -0.25) is 0 Å². The van der Waals surface area contributed by atoms with E-state index in [1.54, 1.807) is 24.3 Å². The van der Waals surface area contributed by atoms with Gasteiger partial charge in [-0.15, -0.1) is 0 Å². The van der Waals surface area contributed by atoms with Crippen molar-refractivity contribution >= 4 is 5.97 Å². The fourth-order valence-corrected chi connectivity index (χ4v) is 2.53. The lowest BCUT2D eigenvalue weighted by atomic mass is 9.97. The molecule has 2 N–H and O–H groups in total. The smallest absolute Gasteiger partial charge is 0.335 e. The predicted octanol–water partition coefficient (Wildman–Crippen LogP) is 1.69. The molecular weight excluding hydrogens is 268 g/mol. The zero-order chi connectivity index (χ0) is 15.1. The molecule has 21 heavy (non-hydrogen) atoms. The first kappa shape index (κ1) is 15.8. The number of hydrogen-bond donors (Lipinski definition) is 2. The van der Waals surface area contributed by atoms with E-state index < -0.39 is 5.97 Å². The highest BCUT2D eigenvalue weighted by Gasteiger charge is 2.15. The second-order valence-electron chi connectivity index (χ2n) is 5.63. The minimum Gasteiger partial charge on any atom is -0.492 e. The van der Waals surface area contributed by atoms with E-state index in [1.165, 1.54) is 25.9 Å². The third kappa shape index (κ3) is 5.36. The average Bonchev–Trinajstić information content (AvgIpc) is 2.49. The summed E-state index contributed by atoms with van der Waals surface area (Å²) in [6.45, 7) is 4.74. The van der Waals surface area contributed by atoms with Crippen molar-refractivity contribution in [1.29, 1.82) is 0 Å². The molecule has 0 amide bonds. The Balaban J connectivity index is 1.61. The van der Waals surface area contributed by atoms with Gasteiger partial charge in [0.15, 0.2) is 0 Å². The van der Waals surface area contributed by atoms with Crippen LogP contribution in [0, 0.1) is 5.92 Å². The third-order valence-electron chi connectivity index (χ3n) is 3.90. The van der Waals surface area contributed by atoms with Gasteiger partial charge in [0.2, 0.25) is 0 Å². The van der Waals surface area contributed by atoms with Crippen molar-refractivity contribution < 1.29 is 14.6 Å². The molecule has 1 aliphatic rings. The molecule has 5 nitrogen and oxygen atoms in total. The van der Waals surface area contributed by atoms with Crippen LogP contribution in [0.3, 0.4) is 0 Å². The van der Waals surface area contributed by atoms with Crippen molar-refractivity contribution in [3.63, 3.8) is 0 Å². The molecule has 0 bridgehead atoms. The Morgan fingerprint density at radius 3 is 2.90 bits per heavy atom. The van der Waals surface area contributed by atoms with E-state index in [-0.39, 0.29) is 5.56 Å². The van der Waals surface area contributed by atoms with Gasteiger partial charge in [0.1, 0.15) is 12.4 Å². The molecule has 0 aliphatic carbocycles.